The van der Waals surface area contributed by atoms with E-state index in [1.807, 2.05) is 49.4 Å². The lowest BCUT2D eigenvalue weighted by Gasteiger charge is -2.39. The molecule has 0 radical (unpaired) electrons. The van der Waals surface area contributed by atoms with Crippen molar-refractivity contribution >= 4 is 0 Å². The van der Waals surface area contributed by atoms with Crippen molar-refractivity contribution in [1.29, 1.82) is 0 Å². The van der Waals surface area contributed by atoms with Gasteiger partial charge in [-0.1, -0.05) is 36.4 Å². The Labute approximate surface area is 156 Å². The van der Waals surface area contributed by atoms with Gasteiger partial charge < -0.3 is 19.8 Å². The Morgan fingerprint density at radius 2 is 1.73 bits per heavy atom. The van der Waals surface area contributed by atoms with Gasteiger partial charge in [-0.25, -0.2) is 0 Å². The third kappa shape index (κ3) is 4.26. The summed E-state index contributed by atoms with van der Waals surface area (Å²) in [6, 6.07) is 15.7. The molecule has 4 heteroatoms. The molecule has 4 nitrogen and oxygen atoms in total. The van der Waals surface area contributed by atoms with Gasteiger partial charge in [0.05, 0.1) is 18.3 Å². The Kier molecular flexibility index (Phi) is 5.97. The molecule has 140 valence electrons. The zero-order valence-corrected chi connectivity index (χ0v) is 15.7. The summed E-state index contributed by atoms with van der Waals surface area (Å²) in [4.78, 5) is 2.23. The summed E-state index contributed by atoms with van der Waals surface area (Å²) in [7, 11) is 0. The second-order valence-corrected chi connectivity index (χ2v) is 7.16. The Bertz CT molecular complexity index is 706. The van der Waals surface area contributed by atoms with Crippen LogP contribution in [0, 0.1) is 6.92 Å². The van der Waals surface area contributed by atoms with Gasteiger partial charge >= 0.3 is 0 Å². The van der Waals surface area contributed by atoms with E-state index >= 15 is 0 Å². The van der Waals surface area contributed by atoms with Crippen LogP contribution in [-0.4, -0.2) is 41.4 Å². The molecule has 1 heterocycles. The van der Waals surface area contributed by atoms with Crippen molar-refractivity contribution in [3.05, 3.63) is 65.2 Å². The fourth-order valence-corrected chi connectivity index (χ4v) is 3.77. The number of aliphatic hydroxyl groups excluding tert-OH is 1. The first kappa shape index (κ1) is 18.9. The molecule has 1 fully saturated rings. The molecule has 1 aliphatic heterocycles. The summed E-state index contributed by atoms with van der Waals surface area (Å²) < 4.78 is 5.45. The van der Waals surface area contributed by atoms with Crippen molar-refractivity contribution in [3.63, 3.8) is 0 Å². The summed E-state index contributed by atoms with van der Waals surface area (Å²) in [5, 5.41) is 21.6. The van der Waals surface area contributed by atoms with Gasteiger partial charge in [-0.15, -0.1) is 0 Å². The van der Waals surface area contributed by atoms with E-state index in [0.717, 1.165) is 35.5 Å². The second-order valence-electron chi connectivity index (χ2n) is 7.16. The number of piperidine rings is 1. The highest BCUT2D eigenvalue weighted by molar-refractivity contribution is 5.32. The molecule has 1 saturated heterocycles. The minimum Gasteiger partial charge on any atom is -0.494 e. The largest absolute Gasteiger partial charge is 0.494 e. The number of likely N-dealkylation sites (tertiary alicyclic amines) is 1. The van der Waals surface area contributed by atoms with Crippen LogP contribution < -0.4 is 4.74 Å². The zero-order chi connectivity index (χ0) is 18.6. The summed E-state index contributed by atoms with van der Waals surface area (Å²) in [6.45, 7) is 6.78. The number of ether oxygens (including phenoxy) is 1. The zero-order valence-electron chi connectivity index (χ0n) is 15.7. The van der Waals surface area contributed by atoms with Gasteiger partial charge in [0.25, 0.3) is 0 Å². The number of aryl methyl sites for hydroxylation is 1. The van der Waals surface area contributed by atoms with Crippen molar-refractivity contribution in [2.24, 2.45) is 0 Å². The van der Waals surface area contributed by atoms with E-state index in [-0.39, 0.29) is 0 Å². The van der Waals surface area contributed by atoms with Crippen LogP contribution in [-0.2, 0) is 5.60 Å². The number of rotatable bonds is 6. The molecule has 0 spiro atoms. The number of hydrogen-bond donors (Lipinski definition) is 2. The molecule has 1 aliphatic rings. The van der Waals surface area contributed by atoms with E-state index in [2.05, 4.69) is 17.9 Å². The molecule has 2 aromatic rings. The molecule has 1 atom stereocenters. The molecule has 3 rings (SSSR count). The molecule has 0 saturated carbocycles. The van der Waals surface area contributed by atoms with Gasteiger partial charge in [0, 0.05) is 19.6 Å². The molecule has 2 N–H and O–H groups in total. The summed E-state index contributed by atoms with van der Waals surface area (Å²) in [5.41, 5.74) is 2.31. The molecule has 0 unspecified atom stereocenters. The van der Waals surface area contributed by atoms with Crippen molar-refractivity contribution in [2.45, 2.75) is 38.4 Å². The first-order valence-electron chi connectivity index (χ1n) is 9.43. The van der Waals surface area contributed by atoms with Crippen LogP contribution in [0.2, 0.25) is 0 Å². The lowest BCUT2D eigenvalue weighted by molar-refractivity contribution is -0.0348. The lowest BCUT2D eigenvalue weighted by atomic mass is 9.82. The predicted molar refractivity (Wildman–Crippen MR) is 103 cm³/mol. The molecule has 0 bridgehead atoms. The maximum absolute atomic E-state index is 11.1. The minimum atomic E-state index is -0.758. The molecule has 0 amide bonds. The molecule has 2 aromatic carbocycles. The Balaban J connectivity index is 1.57. The van der Waals surface area contributed by atoms with E-state index in [1.165, 1.54) is 0 Å². The maximum Gasteiger partial charge on any atom is 0.119 e. The monoisotopic (exact) mass is 355 g/mol. The predicted octanol–water partition coefficient (Wildman–Crippen LogP) is 3.41. The van der Waals surface area contributed by atoms with Gasteiger partial charge in [-0.3, -0.25) is 0 Å². The van der Waals surface area contributed by atoms with Gasteiger partial charge in [0.15, 0.2) is 0 Å². The molecular weight excluding hydrogens is 326 g/mol. The van der Waals surface area contributed by atoms with Crippen molar-refractivity contribution in [2.75, 3.05) is 26.2 Å². The molecule has 26 heavy (non-hydrogen) atoms. The van der Waals surface area contributed by atoms with Crippen molar-refractivity contribution in [1.82, 2.24) is 4.90 Å². The highest BCUT2D eigenvalue weighted by atomic mass is 16.5. The first-order valence-corrected chi connectivity index (χ1v) is 9.43. The van der Waals surface area contributed by atoms with Crippen LogP contribution in [0.1, 0.15) is 42.6 Å². The van der Waals surface area contributed by atoms with Crippen LogP contribution in [0.4, 0.5) is 0 Å². The average Bonchev–Trinajstić information content (AvgIpc) is 2.65. The number of hydrogen-bond acceptors (Lipinski definition) is 4. The number of aliphatic hydroxyl groups is 2. The quantitative estimate of drug-likeness (QED) is 0.834. The van der Waals surface area contributed by atoms with Crippen molar-refractivity contribution in [3.8, 4) is 5.75 Å². The second kappa shape index (κ2) is 8.21. The molecule has 0 aromatic heterocycles. The highest BCUT2D eigenvalue weighted by Gasteiger charge is 2.35. The fourth-order valence-electron chi connectivity index (χ4n) is 3.77. The van der Waals surface area contributed by atoms with E-state index in [9.17, 15) is 10.2 Å². The minimum absolute atomic E-state index is 0.532. The van der Waals surface area contributed by atoms with E-state index in [4.69, 9.17) is 4.74 Å². The topological polar surface area (TPSA) is 52.9 Å². The summed E-state index contributed by atoms with van der Waals surface area (Å²) in [6.07, 6.45) is 0.845. The van der Waals surface area contributed by atoms with E-state index in [0.29, 0.717) is 26.0 Å². The smallest absolute Gasteiger partial charge is 0.119 e. The van der Waals surface area contributed by atoms with Gasteiger partial charge in [-0.2, -0.15) is 0 Å². The van der Waals surface area contributed by atoms with Crippen LogP contribution >= 0.6 is 0 Å². The summed E-state index contributed by atoms with van der Waals surface area (Å²) >= 11 is 0. The van der Waals surface area contributed by atoms with Crippen LogP contribution in [0.5, 0.6) is 5.75 Å². The SMILES string of the molecule is CCOc1ccc([C@H](O)CN2CCC(O)(c3ccccc3C)CC2)cc1. The number of benzene rings is 2. The average molecular weight is 355 g/mol. The normalized spacial score (nSPS) is 18.5. The number of nitrogens with zero attached hydrogens (tertiary/aromatic N) is 1. The van der Waals surface area contributed by atoms with Gasteiger partial charge in [0.2, 0.25) is 0 Å². The van der Waals surface area contributed by atoms with E-state index in [1.54, 1.807) is 0 Å². The Morgan fingerprint density at radius 3 is 2.35 bits per heavy atom. The van der Waals surface area contributed by atoms with Crippen LogP contribution in [0.15, 0.2) is 48.5 Å². The van der Waals surface area contributed by atoms with E-state index < -0.39 is 11.7 Å². The highest BCUT2D eigenvalue weighted by Crippen LogP contribution is 2.35. The fraction of sp³-hybridized carbons (Fsp3) is 0.455. The van der Waals surface area contributed by atoms with Gasteiger partial charge in [0.1, 0.15) is 5.75 Å². The van der Waals surface area contributed by atoms with Crippen LogP contribution in [0.3, 0.4) is 0 Å². The Morgan fingerprint density at radius 1 is 1.08 bits per heavy atom. The lowest BCUT2D eigenvalue weighted by Crippen LogP contribution is -2.44. The van der Waals surface area contributed by atoms with Crippen LogP contribution in [0.25, 0.3) is 0 Å². The van der Waals surface area contributed by atoms with Crippen molar-refractivity contribution < 1.29 is 14.9 Å². The third-order valence-corrected chi connectivity index (χ3v) is 5.34. The third-order valence-electron chi connectivity index (χ3n) is 5.34. The first-order chi connectivity index (χ1) is 12.5. The number of β-amino-alcohol motifs (C(OH)–C–C–N with tert-alkyl or cyclic N) is 1. The van der Waals surface area contributed by atoms with Gasteiger partial charge in [-0.05, 0) is 55.5 Å². The maximum atomic E-state index is 11.1. The summed E-state index contributed by atoms with van der Waals surface area (Å²) in [5.74, 6) is 0.824. The molecule has 0 aliphatic carbocycles. The standard InChI is InChI=1S/C22H29NO3/c1-3-26-19-10-8-18(9-11-19)21(24)16-23-14-12-22(25,13-15-23)20-7-5-4-6-17(20)2/h4-11,21,24-25H,3,12-16H2,1-2H3/t21-/m1/s1. The molecular formula is C22H29NO3. The Hall–Kier alpha value is -1.88.